The third kappa shape index (κ3) is 5.50. The second-order valence-electron chi connectivity index (χ2n) is 5.10. The summed E-state index contributed by atoms with van der Waals surface area (Å²) in [4.78, 5) is 2.28. The molecule has 2 nitrogen and oxygen atoms in total. The Morgan fingerprint density at radius 2 is 1.81 bits per heavy atom. The van der Waals surface area contributed by atoms with Gasteiger partial charge in [0.25, 0.3) is 0 Å². The second kappa shape index (κ2) is 5.67. The average molecular weight is 241 g/mol. The van der Waals surface area contributed by atoms with E-state index >= 15 is 0 Å². The van der Waals surface area contributed by atoms with E-state index in [2.05, 4.69) is 37.9 Å². The summed E-state index contributed by atoms with van der Waals surface area (Å²) in [7, 11) is 2.11. The Bertz CT molecular complexity index is 314. The molecule has 0 aromatic heterocycles. The van der Waals surface area contributed by atoms with Crippen molar-refractivity contribution < 1.29 is 0 Å². The fourth-order valence-corrected chi connectivity index (χ4v) is 1.59. The molecular formula is C13H21ClN2. The Morgan fingerprint density at radius 1 is 1.25 bits per heavy atom. The van der Waals surface area contributed by atoms with Crippen molar-refractivity contribution in [2.45, 2.75) is 32.4 Å². The van der Waals surface area contributed by atoms with Gasteiger partial charge in [0.1, 0.15) is 0 Å². The van der Waals surface area contributed by atoms with E-state index in [-0.39, 0.29) is 5.54 Å². The summed E-state index contributed by atoms with van der Waals surface area (Å²) < 4.78 is 0. The van der Waals surface area contributed by atoms with Crippen LogP contribution in [0, 0.1) is 0 Å². The molecule has 0 bridgehead atoms. The topological polar surface area (TPSA) is 29.3 Å². The maximum atomic E-state index is 5.95. The second-order valence-corrected chi connectivity index (χ2v) is 5.54. The van der Waals surface area contributed by atoms with Gasteiger partial charge in [-0.1, -0.05) is 23.7 Å². The van der Waals surface area contributed by atoms with E-state index in [9.17, 15) is 0 Å². The predicted octanol–water partition coefficient (Wildman–Crippen LogP) is 2.90. The van der Waals surface area contributed by atoms with Gasteiger partial charge in [-0.15, -0.1) is 0 Å². The molecule has 0 aliphatic heterocycles. The van der Waals surface area contributed by atoms with E-state index < -0.39 is 0 Å². The van der Waals surface area contributed by atoms with Gasteiger partial charge in [-0.05, 0) is 51.6 Å². The third-order valence-electron chi connectivity index (χ3n) is 2.50. The monoisotopic (exact) mass is 240 g/mol. The van der Waals surface area contributed by atoms with E-state index in [0.29, 0.717) is 0 Å². The van der Waals surface area contributed by atoms with Crippen molar-refractivity contribution in [2.24, 2.45) is 5.73 Å². The fourth-order valence-electron chi connectivity index (χ4n) is 1.46. The van der Waals surface area contributed by atoms with Crippen molar-refractivity contribution in [3.05, 3.63) is 34.9 Å². The molecule has 16 heavy (non-hydrogen) atoms. The lowest BCUT2D eigenvalue weighted by Gasteiger charge is -2.23. The number of nitrogens with two attached hydrogens (primary N) is 1. The highest BCUT2D eigenvalue weighted by Crippen LogP contribution is 2.12. The Balaban J connectivity index is 2.39. The normalized spacial score (nSPS) is 12.1. The Hall–Kier alpha value is -0.570. The first kappa shape index (κ1) is 13.5. The van der Waals surface area contributed by atoms with Crippen LogP contribution in [0.5, 0.6) is 0 Å². The molecule has 0 radical (unpaired) electrons. The van der Waals surface area contributed by atoms with Crippen LogP contribution >= 0.6 is 11.6 Å². The van der Waals surface area contributed by atoms with E-state index in [0.717, 1.165) is 24.5 Å². The van der Waals surface area contributed by atoms with Gasteiger partial charge in [0.05, 0.1) is 0 Å². The lowest BCUT2D eigenvalue weighted by atomic mass is 10.0. The first-order valence-electron chi connectivity index (χ1n) is 5.59. The molecular weight excluding hydrogens is 220 g/mol. The summed E-state index contributed by atoms with van der Waals surface area (Å²) in [5.41, 5.74) is 7.14. The summed E-state index contributed by atoms with van der Waals surface area (Å²) in [5, 5.41) is 0.787. The molecule has 0 amide bonds. The van der Waals surface area contributed by atoms with Crippen molar-refractivity contribution in [3.8, 4) is 0 Å². The molecule has 90 valence electrons. The van der Waals surface area contributed by atoms with Crippen LogP contribution in [0.2, 0.25) is 5.02 Å². The summed E-state index contributed by atoms with van der Waals surface area (Å²) in [6.07, 6.45) is 0.997. The number of rotatable bonds is 5. The van der Waals surface area contributed by atoms with Crippen LogP contribution in [0.4, 0.5) is 0 Å². The SMILES string of the molecule is CN(CCC(C)(C)N)Cc1ccc(Cl)cc1. The Labute approximate surface area is 103 Å². The van der Waals surface area contributed by atoms with Crippen LogP contribution in [0.1, 0.15) is 25.8 Å². The fraction of sp³-hybridized carbons (Fsp3) is 0.538. The van der Waals surface area contributed by atoms with Gasteiger partial charge in [0.15, 0.2) is 0 Å². The van der Waals surface area contributed by atoms with Gasteiger partial charge >= 0.3 is 0 Å². The number of nitrogens with zero attached hydrogens (tertiary/aromatic N) is 1. The predicted molar refractivity (Wildman–Crippen MR) is 70.7 cm³/mol. The minimum Gasteiger partial charge on any atom is -0.326 e. The molecule has 1 aromatic carbocycles. The molecule has 0 saturated heterocycles. The van der Waals surface area contributed by atoms with Crippen LogP contribution in [0.3, 0.4) is 0 Å². The summed E-state index contributed by atoms with van der Waals surface area (Å²) >= 11 is 5.84. The van der Waals surface area contributed by atoms with Crippen LogP contribution < -0.4 is 5.73 Å². The number of hydrogen-bond donors (Lipinski definition) is 1. The molecule has 2 N–H and O–H groups in total. The number of halogens is 1. The highest BCUT2D eigenvalue weighted by atomic mass is 35.5. The van der Waals surface area contributed by atoms with Gasteiger partial charge in [-0.3, -0.25) is 0 Å². The largest absolute Gasteiger partial charge is 0.326 e. The highest BCUT2D eigenvalue weighted by molar-refractivity contribution is 6.30. The summed E-state index contributed by atoms with van der Waals surface area (Å²) in [6, 6.07) is 7.98. The first-order valence-corrected chi connectivity index (χ1v) is 5.96. The van der Waals surface area contributed by atoms with E-state index in [1.807, 2.05) is 12.1 Å². The van der Waals surface area contributed by atoms with Crippen LogP contribution in [-0.4, -0.2) is 24.0 Å². The lowest BCUT2D eigenvalue weighted by molar-refractivity contribution is 0.289. The van der Waals surface area contributed by atoms with Crippen molar-refractivity contribution in [1.82, 2.24) is 4.90 Å². The van der Waals surface area contributed by atoms with Crippen molar-refractivity contribution in [3.63, 3.8) is 0 Å². The van der Waals surface area contributed by atoms with Gasteiger partial charge < -0.3 is 10.6 Å². The first-order chi connectivity index (χ1) is 7.37. The van der Waals surface area contributed by atoms with Crippen LogP contribution in [0.15, 0.2) is 24.3 Å². The third-order valence-corrected chi connectivity index (χ3v) is 2.76. The maximum Gasteiger partial charge on any atom is 0.0406 e. The van der Waals surface area contributed by atoms with Gasteiger partial charge in [0.2, 0.25) is 0 Å². The summed E-state index contributed by atoms with van der Waals surface area (Å²) in [6.45, 7) is 6.06. The molecule has 0 aliphatic rings. The van der Waals surface area contributed by atoms with Crippen LogP contribution in [0.25, 0.3) is 0 Å². The molecule has 0 aliphatic carbocycles. The smallest absolute Gasteiger partial charge is 0.0406 e. The molecule has 0 unspecified atom stereocenters. The summed E-state index contributed by atoms with van der Waals surface area (Å²) in [5.74, 6) is 0. The van der Waals surface area contributed by atoms with Crippen molar-refractivity contribution >= 4 is 11.6 Å². The number of hydrogen-bond acceptors (Lipinski definition) is 2. The molecule has 3 heteroatoms. The lowest BCUT2D eigenvalue weighted by Crippen LogP contribution is -2.36. The van der Waals surface area contributed by atoms with E-state index in [1.165, 1.54) is 5.56 Å². The van der Waals surface area contributed by atoms with Gasteiger partial charge in [-0.2, -0.15) is 0 Å². The zero-order chi connectivity index (χ0) is 12.2. The van der Waals surface area contributed by atoms with E-state index in [4.69, 9.17) is 17.3 Å². The zero-order valence-electron chi connectivity index (χ0n) is 10.3. The molecule has 0 saturated carbocycles. The minimum absolute atomic E-state index is 0.0890. The number of benzene rings is 1. The Morgan fingerprint density at radius 3 is 2.31 bits per heavy atom. The van der Waals surface area contributed by atoms with Crippen molar-refractivity contribution in [1.29, 1.82) is 0 Å². The molecule has 0 spiro atoms. The van der Waals surface area contributed by atoms with Crippen molar-refractivity contribution in [2.75, 3.05) is 13.6 Å². The molecule has 0 fully saturated rings. The van der Waals surface area contributed by atoms with Gasteiger partial charge in [0, 0.05) is 17.1 Å². The average Bonchev–Trinajstić information content (AvgIpc) is 2.18. The molecule has 1 aromatic rings. The zero-order valence-corrected chi connectivity index (χ0v) is 11.1. The Kier molecular flexibility index (Phi) is 4.78. The highest BCUT2D eigenvalue weighted by Gasteiger charge is 2.11. The quantitative estimate of drug-likeness (QED) is 0.858. The van der Waals surface area contributed by atoms with Crippen LogP contribution in [-0.2, 0) is 6.54 Å². The molecule has 1 rings (SSSR count). The molecule has 0 heterocycles. The van der Waals surface area contributed by atoms with E-state index in [1.54, 1.807) is 0 Å². The molecule has 0 atom stereocenters. The standard InChI is InChI=1S/C13H21ClN2/c1-13(2,15)8-9-16(3)10-11-4-6-12(14)7-5-11/h4-7H,8-10,15H2,1-3H3. The van der Waals surface area contributed by atoms with Gasteiger partial charge in [-0.25, -0.2) is 0 Å². The maximum absolute atomic E-state index is 5.95. The minimum atomic E-state index is -0.0890.